The van der Waals surface area contributed by atoms with Gasteiger partial charge in [0, 0.05) is 12.6 Å². The first kappa shape index (κ1) is 23.1. The van der Waals surface area contributed by atoms with Gasteiger partial charge < -0.3 is 10.5 Å². The lowest BCUT2D eigenvalue weighted by Gasteiger charge is -2.34. The van der Waals surface area contributed by atoms with Crippen LogP contribution >= 0.6 is 0 Å². The maximum absolute atomic E-state index is 14.7. The minimum absolute atomic E-state index is 0.0404. The topological polar surface area (TPSA) is 111 Å². The summed E-state index contributed by atoms with van der Waals surface area (Å²) in [6.45, 7) is 1.26. The van der Waals surface area contributed by atoms with Gasteiger partial charge in [0.25, 0.3) is 0 Å². The second-order valence-corrected chi connectivity index (χ2v) is 9.06. The maximum atomic E-state index is 14.7. The number of nitrogens with zero attached hydrogens (tertiary/aromatic N) is 4. The summed E-state index contributed by atoms with van der Waals surface area (Å²) in [5, 5.41) is 0. The van der Waals surface area contributed by atoms with Crippen molar-refractivity contribution in [2.24, 2.45) is 10.7 Å². The molecule has 1 aliphatic heterocycles. The Morgan fingerprint density at radius 1 is 1.38 bits per heavy atom. The lowest BCUT2D eigenvalue weighted by atomic mass is 9.92. The molecule has 0 saturated heterocycles. The van der Waals surface area contributed by atoms with Gasteiger partial charge in [0.1, 0.15) is 11.2 Å². The minimum Gasteiger partial charge on any atom is -0.463 e. The van der Waals surface area contributed by atoms with Crippen molar-refractivity contribution in [3.63, 3.8) is 0 Å². The van der Waals surface area contributed by atoms with Gasteiger partial charge in [-0.2, -0.15) is 0 Å². The number of terminal acetylenes is 1. The van der Waals surface area contributed by atoms with Crippen molar-refractivity contribution in [2.75, 3.05) is 19.4 Å². The van der Waals surface area contributed by atoms with Crippen molar-refractivity contribution < 1.29 is 26.3 Å². The largest absolute Gasteiger partial charge is 0.463 e. The smallest absolute Gasteiger partial charge is 0.239 e. The van der Waals surface area contributed by atoms with Gasteiger partial charge in [-0.1, -0.05) is 5.92 Å². The number of hydrogen-bond acceptors (Lipinski definition) is 7. The summed E-state index contributed by atoms with van der Waals surface area (Å²) in [4.78, 5) is 11.7. The molecule has 168 valence electrons. The highest BCUT2D eigenvalue weighted by Gasteiger charge is 2.42. The SMILES string of the molecule is C#CCOc1cnc(/C(F)=C/c2cc(F)c(F)c([C@]3(C)CS(=O)(=O)N(C)C(N)=N3)c2)cn1. The van der Waals surface area contributed by atoms with Gasteiger partial charge in [0.2, 0.25) is 21.9 Å². The first-order valence-electron chi connectivity index (χ1n) is 9.04. The van der Waals surface area contributed by atoms with Crippen molar-refractivity contribution in [1.82, 2.24) is 14.3 Å². The van der Waals surface area contributed by atoms with E-state index in [0.29, 0.717) is 0 Å². The normalized spacial score (nSPS) is 20.4. The van der Waals surface area contributed by atoms with E-state index in [9.17, 15) is 21.6 Å². The van der Waals surface area contributed by atoms with Crippen LogP contribution < -0.4 is 10.5 Å². The number of ether oxygens (including phenoxy) is 1. The molecule has 0 radical (unpaired) electrons. The number of sulfonamides is 1. The Labute approximate surface area is 182 Å². The van der Waals surface area contributed by atoms with Gasteiger partial charge in [-0.3, -0.25) is 0 Å². The van der Waals surface area contributed by atoms with Crippen LogP contribution in [0, 0.1) is 24.0 Å². The molecule has 0 aliphatic carbocycles. The highest BCUT2D eigenvalue weighted by molar-refractivity contribution is 7.89. The highest BCUT2D eigenvalue weighted by atomic mass is 32.2. The molecule has 32 heavy (non-hydrogen) atoms. The quantitative estimate of drug-likeness (QED) is 0.677. The zero-order valence-electron chi connectivity index (χ0n) is 17.0. The third-order valence-corrected chi connectivity index (χ3v) is 6.61. The second-order valence-electron chi connectivity index (χ2n) is 7.06. The monoisotopic (exact) mass is 465 g/mol. The zero-order valence-corrected chi connectivity index (χ0v) is 17.8. The molecule has 1 aromatic carbocycles. The first-order chi connectivity index (χ1) is 15.0. The number of rotatable bonds is 5. The summed E-state index contributed by atoms with van der Waals surface area (Å²) >= 11 is 0. The van der Waals surface area contributed by atoms with Gasteiger partial charge in [-0.05, 0) is 30.7 Å². The molecule has 1 aromatic heterocycles. The van der Waals surface area contributed by atoms with Crippen molar-refractivity contribution in [3.8, 4) is 18.2 Å². The molecular weight excluding hydrogens is 447 g/mol. The summed E-state index contributed by atoms with van der Waals surface area (Å²) < 4.78 is 74.1. The van der Waals surface area contributed by atoms with E-state index in [1.165, 1.54) is 14.0 Å². The van der Waals surface area contributed by atoms with E-state index < -0.39 is 38.8 Å². The minimum atomic E-state index is -3.93. The van der Waals surface area contributed by atoms with Crippen molar-refractivity contribution in [3.05, 3.63) is 53.0 Å². The van der Waals surface area contributed by atoms with E-state index in [2.05, 4.69) is 20.9 Å². The number of guanidine groups is 1. The lowest BCUT2D eigenvalue weighted by molar-refractivity contribution is 0.353. The number of aromatic nitrogens is 2. The van der Waals surface area contributed by atoms with Gasteiger partial charge >= 0.3 is 0 Å². The van der Waals surface area contributed by atoms with Gasteiger partial charge in [0.15, 0.2) is 24.1 Å². The lowest BCUT2D eigenvalue weighted by Crippen LogP contribution is -2.50. The molecule has 0 amide bonds. The van der Waals surface area contributed by atoms with Crippen molar-refractivity contribution >= 4 is 27.9 Å². The van der Waals surface area contributed by atoms with E-state index in [0.717, 1.165) is 34.9 Å². The Morgan fingerprint density at radius 2 is 2.09 bits per heavy atom. The van der Waals surface area contributed by atoms with E-state index >= 15 is 0 Å². The predicted molar refractivity (Wildman–Crippen MR) is 112 cm³/mol. The fraction of sp³-hybridized carbons (Fsp3) is 0.250. The first-order valence-corrected chi connectivity index (χ1v) is 10.6. The highest BCUT2D eigenvalue weighted by Crippen LogP contribution is 2.35. The molecule has 8 nitrogen and oxygen atoms in total. The molecule has 0 saturated carbocycles. The maximum Gasteiger partial charge on any atom is 0.239 e. The number of nitrogens with two attached hydrogens (primary N) is 1. The summed E-state index contributed by atoms with van der Waals surface area (Å²) in [6, 6.07) is 1.86. The summed E-state index contributed by atoms with van der Waals surface area (Å²) in [7, 11) is -2.73. The van der Waals surface area contributed by atoms with Gasteiger partial charge in [-0.15, -0.1) is 6.42 Å². The number of hydrogen-bond donors (Lipinski definition) is 1. The number of halogens is 3. The third kappa shape index (κ3) is 4.52. The Balaban J connectivity index is 2.01. The fourth-order valence-electron chi connectivity index (χ4n) is 3.02. The van der Waals surface area contributed by atoms with Crippen LogP contribution in [0.5, 0.6) is 5.88 Å². The Kier molecular flexibility index (Phi) is 6.13. The number of benzene rings is 1. The Hall–Kier alpha value is -3.59. The standard InChI is InChI=1S/C20H18F3N5O3S/c1-4-5-31-17-10-25-16(9-26-17)14(21)7-12-6-13(18(23)15(22)8-12)20(2)11-32(29,30)28(3)19(24)27-20/h1,6-10H,5,11H2,2-3H3,(H2,24,27)/b14-7-/t20-/m0/s1. The molecule has 0 bridgehead atoms. The molecule has 12 heteroatoms. The van der Waals surface area contributed by atoms with Crippen LogP contribution in [0.3, 0.4) is 0 Å². The van der Waals surface area contributed by atoms with Crippen molar-refractivity contribution in [1.29, 1.82) is 0 Å². The van der Waals surface area contributed by atoms with Crippen LogP contribution in [0.2, 0.25) is 0 Å². The molecule has 2 aromatic rings. The summed E-state index contributed by atoms with van der Waals surface area (Å²) in [5.74, 6) is -2.23. The molecule has 2 heterocycles. The zero-order chi connectivity index (χ0) is 23.7. The molecule has 1 atom stereocenters. The van der Waals surface area contributed by atoms with Gasteiger partial charge in [0.05, 0.1) is 18.1 Å². The van der Waals surface area contributed by atoms with E-state index in [1.54, 1.807) is 0 Å². The van der Waals surface area contributed by atoms with E-state index in [1.807, 2.05) is 0 Å². The van der Waals surface area contributed by atoms with Crippen LogP contribution in [0.25, 0.3) is 11.9 Å². The molecule has 3 rings (SSSR count). The third-order valence-electron chi connectivity index (χ3n) is 4.67. The Bertz CT molecular complexity index is 1260. The second kappa shape index (κ2) is 8.51. The average molecular weight is 465 g/mol. The van der Waals surface area contributed by atoms with Crippen LogP contribution in [-0.4, -0.2) is 48.1 Å². The van der Waals surface area contributed by atoms with E-state index in [4.69, 9.17) is 16.9 Å². The van der Waals surface area contributed by atoms with Crippen LogP contribution in [0.4, 0.5) is 13.2 Å². The molecule has 0 fully saturated rings. The molecule has 2 N–H and O–H groups in total. The van der Waals surface area contributed by atoms with Crippen LogP contribution in [0.15, 0.2) is 29.5 Å². The molecule has 0 unspecified atom stereocenters. The molecular formula is C20H18F3N5O3S. The summed E-state index contributed by atoms with van der Waals surface area (Å²) in [6.07, 6.45) is 8.20. The van der Waals surface area contributed by atoms with Crippen LogP contribution in [-0.2, 0) is 15.6 Å². The fourth-order valence-corrected chi connectivity index (χ4v) is 4.47. The Morgan fingerprint density at radius 3 is 2.69 bits per heavy atom. The van der Waals surface area contributed by atoms with Crippen molar-refractivity contribution in [2.45, 2.75) is 12.5 Å². The van der Waals surface area contributed by atoms with E-state index in [-0.39, 0.29) is 35.3 Å². The molecule has 1 aliphatic rings. The van der Waals surface area contributed by atoms with Crippen LogP contribution in [0.1, 0.15) is 23.7 Å². The molecule has 0 spiro atoms. The number of aliphatic imine (C=N–C) groups is 1. The average Bonchev–Trinajstić information content (AvgIpc) is 2.72. The van der Waals surface area contributed by atoms with Gasteiger partial charge in [-0.25, -0.2) is 40.9 Å². The predicted octanol–water partition coefficient (Wildman–Crippen LogP) is 2.04. The summed E-state index contributed by atoms with van der Waals surface area (Å²) in [5.41, 5.74) is 3.27.